The van der Waals surface area contributed by atoms with Crippen molar-refractivity contribution in [3.05, 3.63) is 89.5 Å². The minimum absolute atomic E-state index is 0.0481. The molecule has 0 radical (unpaired) electrons. The summed E-state index contributed by atoms with van der Waals surface area (Å²) in [6, 6.07) is 14.6. The van der Waals surface area contributed by atoms with Gasteiger partial charge in [-0.25, -0.2) is 4.79 Å². The van der Waals surface area contributed by atoms with Crippen LogP contribution >= 0.6 is 0 Å². The van der Waals surface area contributed by atoms with Gasteiger partial charge in [-0.15, -0.1) is 9.35 Å². The third kappa shape index (κ3) is 4.81. The highest BCUT2D eigenvalue weighted by molar-refractivity contribution is 7.86. The van der Waals surface area contributed by atoms with Crippen LogP contribution in [0.1, 0.15) is 50.8 Å². The van der Waals surface area contributed by atoms with Gasteiger partial charge >= 0.3 is 16.1 Å². The van der Waals surface area contributed by atoms with Gasteiger partial charge in [0.1, 0.15) is 0 Å². The Hall–Kier alpha value is -4.15. The van der Waals surface area contributed by atoms with Crippen molar-refractivity contribution in [1.82, 2.24) is 5.06 Å². The van der Waals surface area contributed by atoms with Crippen molar-refractivity contribution >= 4 is 44.5 Å². The minimum Gasteiger partial charge on any atom is -0.462 e. The molecule has 1 aliphatic rings. The minimum atomic E-state index is -4.57. The van der Waals surface area contributed by atoms with Gasteiger partial charge in [0.2, 0.25) is 0 Å². The summed E-state index contributed by atoms with van der Waals surface area (Å²) >= 11 is 0. The van der Waals surface area contributed by atoms with Crippen LogP contribution in [0.2, 0.25) is 0 Å². The maximum atomic E-state index is 12.9. The first-order valence-corrected chi connectivity index (χ1v) is 12.3. The van der Waals surface area contributed by atoms with Crippen LogP contribution in [0.3, 0.4) is 0 Å². The van der Waals surface area contributed by atoms with Gasteiger partial charge in [0, 0.05) is 22.9 Å². The van der Waals surface area contributed by atoms with E-state index in [9.17, 15) is 27.6 Å². The number of carbonyl (C=O) groups excluding carboxylic acids is 4. The molecule has 36 heavy (non-hydrogen) atoms. The number of ketones is 1. The second kappa shape index (κ2) is 9.84. The molecule has 4 rings (SSSR count). The van der Waals surface area contributed by atoms with E-state index in [1.165, 1.54) is 31.2 Å². The molecule has 0 bridgehead atoms. The van der Waals surface area contributed by atoms with E-state index in [0.717, 1.165) is 12.1 Å². The molecule has 0 N–H and O–H groups in total. The summed E-state index contributed by atoms with van der Waals surface area (Å²) in [6.45, 7) is 5.03. The molecule has 9 nitrogen and oxygen atoms in total. The second-order valence-corrected chi connectivity index (χ2v) is 9.64. The fourth-order valence-corrected chi connectivity index (χ4v) is 4.58. The number of ether oxygens (including phenoxy) is 1. The van der Waals surface area contributed by atoms with Gasteiger partial charge < -0.3 is 4.74 Å². The van der Waals surface area contributed by atoms with Crippen LogP contribution in [0.25, 0.3) is 10.8 Å². The normalized spacial score (nSPS) is 13.1. The SMILES string of the molecule is C=C(C)C(=O)OCCCC(=O)c1ccc(S(=O)(=O)ON2C(=O)c3cccc4cccc(c34)C2=O)cc1. The van der Waals surface area contributed by atoms with Crippen molar-refractivity contribution < 1.29 is 36.6 Å². The van der Waals surface area contributed by atoms with Crippen molar-refractivity contribution in [1.29, 1.82) is 0 Å². The first kappa shape index (κ1) is 25.0. The van der Waals surface area contributed by atoms with E-state index in [1.54, 1.807) is 24.3 Å². The van der Waals surface area contributed by atoms with Crippen LogP contribution in [0.5, 0.6) is 0 Å². The molecule has 0 fully saturated rings. The largest absolute Gasteiger partial charge is 0.462 e. The zero-order valence-electron chi connectivity index (χ0n) is 19.2. The molecule has 0 aliphatic carbocycles. The van der Waals surface area contributed by atoms with Crippen LogP contribution in [-0.2, 0) is 23.9 Å². The fourth-order valence-electron chi connectivity index (χ4n) is 3.69. The molecule has 3 aromatic carbocycles. The Labute approximate surface area is 207 Å². The van der Waals surface area contributed by atoms with Crippen LogP contribution in [0.15, 0.2) is 77.7 Å². The average molecular weight is 508 g/mol. The number of rotatable bonds is 9. The summed E-state index contributed by atoms with van der Waals surface area (Å²) in [6.07, 6.45) is 0.363. The zero-order valence-corrected chi connectivity index (χ0v) is 20.0. The lowest BCUT2D eigenvalue weighted by atomic mass is 9.95. The number of benzene rings is 3. The predicted octanol–water partition coefficient (Wildman–Crippen LogP) is 3.84. The van der Waals surface area contributed by atoms with E-state index < -0.39 is 27.9 Å². The predicted molar refractivity (Wildman–Crippen MR) is 128 cm³/mol. The van der Waals surface area contributed by atoms with Crippen molar-refractivity contribution in [2.45, 2.75) is 24.7 Å². The van der Waals surface area contributed by atoms with Gasteiger partial charge in [-0.05, 0) is 43.0 Å². The first-order chi connectivity index (χ1) is 17.1. The summed E-state index contributed by atoms with van der Waals surface area (Å²) in [5.74, 6) is -2.61. The molecule has 3 aromatic rings. The number of hydrogen-bond acceptors (Lipinski definition) is 8. The number of hydrogen-bond donors (Lipinski definition) is 0. The molecule has 2 amide bonds. The molecule has 1 heterocycles. The monoisotopic (exact) mass is 507 g/mol. The number of esters is 1. The van der Waals surface area contributed by atoms with Crippen LogP contribution in [-0.4, -0.2) is 43.7 Å². The Morgan fingerprint density at radius 1 is 0.917 bits per heavy atom. The molecule has 0 atom stereocenters. The third-order valence-electron chi connectivity index (χ3n) is 5.50. The molecular weight excluding hydrogens is 486 g/mol. The Kier molecular flexibility index (Phi) is 6.82. The van der Waals surface area contributed by atoms with Crippen molar-refractivity contribution in [2.24, 2.45) is 0 Å². The smallest absolute Gasteiger partial charge is 0.333 e. The summed E-state index contributed by atoms with van der Waals surface area (Å²) in [5.41, 5.74) is 0.793. The number of hydroxylamine groups is 2. The number of carbonyl (C=O) groups is 4. The van der Waals surface area contributed by atoms with Crippen molar-refractivity contribution in [3.8, 4) is 0 Å². The Morgan fingerprint density at radius 2 is 1.50 bits per heavy atom. The van der Waals surface area contributed by atoms with E-state index in [-0.39, 0.29) is 57.5 Å². The maximum Gasteiger partial charge on any atom is 0.333 e. The zero-order chi connectivity index (χ0) is 26.0. The van der Waals surface area contributed by atoms with E-state index in [2.05, 4.69) is 6.58 Å². The second-order valence-electron chi connectivity index (χ2n) is 8.11. The highest BCUT2D eigenvalue weighted by atomic mass is 32.2. The molecule has 0 spiro atoms. The number of nitrogens with zero attached hydrogens (tertiary/aromatic N) is 1. The van der Waals surface area contributed by atoms with Crippen LogP contribution in [0, 0.1) is 0 Å². The van der Waals surface area contributed by atoms with Gasteiger partial charge in [-0.1, -0.05) is 43.0 Å². The molecule has 0 saturated heterocycles. The number of imide groups is 1. The average Bonchev–Trinajstić information content (AvgIpc) is 2.87. The summed E-state index contributed by atoms with van der Waals surface area (Å²) in [7, 11) is -4.57. The van der Waals surface area contributed by atoms with Crippen molar-refractivity contribution in [3.63, 3.8) is 0 Å². The molecule has 0 saturated carbocycles. The number of Topliss-reactive ketones (excluding diaryl/α,β-unsaturated/α-hetero) is 1. The topological polar surface area (TPSA) is 124 Å². The molecule has 0 unspecified atom stereocenters. The lowest BCUT2D eigenvalue weighted by Gasteiger charge is -2.25. The first-order valence-electron chi connectivity index (χ1n) is 10.9. The summed E-state index contributed by atoms with van der Waals surface area (Å²) in [5, 5.41) is 1.34. The van der Waals surface area contributed by atoms with Crippen molar-refractivity contribution in [2.75, 3.05) is 6.61 Å². The molecule has 10 heteroatoms. The standard InChI is InChI=1S/C26H21NO8S/c1-16(2)26(31)34-15-5-10-22(28)17-11-13-19(14-12-17)36(32,33)35-27-24(29)20-8-3-6-18-7-4-9-21(23(18)20)25(27)30/h3-4,6-9,11-14H,1,5,10,15H2,2H3. The molecule has 184 valence electrons. The van der Waals surface area contributed by atoms with E-state index in [4.69, 9.17) is 9.02 Å². The Morgan fingerprint density at radius 3 is 2.06 bits per heavy atom. The van der Waals surface area contributed by atoms with Crippen LogP contribution in [0.4, 0.5) is 0 Å². The quantitative estimate of drug-likeness (QED) is 0.141. The molecular formula is C26H21NO8S. The highest BCUT2D eigenvalue weighted by Gasteiger charge is 2.37. The van der Waals surface area contributed by atoms with Crippen LogP contribution < -0.4 is 0 Å². The third-order valence-corrected chi connectivity index (χ3v) is 6.70. The Balaban J connectivity index is 1.46. The molecule has 1 aliphatic heterocycles. The van der Waals surface area contributed by atoms with Gasteiger partial charge in [0.15, 0.2) is 5.78 Å². The van der Waals surface area contributed by atoms with E-state index >= 15 is 0 Å². The summed E-state index contributed by atoms with van der Waals surface area (Å²) in [4.78, 5) is 49.2. The van der Waals surface area contributed by atoms with Gasteiger partial charge in [-0.2, -0.15) is 8.42 Å². The van der Waals surface area contributed by atoms with Gasteiger partial charge in [-0.3, -0.25) is 14.4 Å². The molecule has 0 aromatic heterocycles. The lowest BCUT2D eigenvalue weighted by Crippen LogP contribution is -2.41. The van der Waals surface area contributed by atoms with E-state index in [1.807, 2.05) is 0 Å². The summed E-state index contributed by atoms with van der Waals surface area (Å²) < 4.78 is 35.6. The number of amides is 2. The van der Waals surface area contributed by atoms with Gasteiger partial charge in [0.05, 0.1) is 22.6 Å². The van der Waals surface area contributed by atoms with E-state index in [0.29, 0.717) is 10.8 Å². The maximum absolute atomic E-state index is 12.9. The Bertz CT molecular complexity index is 1470. The fraction of sp³-hybridized carbons (Fsp3) is 0.154. The lowest BCUT2D eigenvalue weighted by molar-refractivity contribution is -0.139. The van der Waals surface area contributed by atoms with Gasteiger partial charge in [0.25, 0.3) is 11.8 Å². The highest BCUT2D eigenvalue weighted by Crippen LogP contribution is 2.31.